The number of anilines is 6. The molecule has 0 radical (unpaired) electrons. The first-order valence-corrected chi connectivity index (χ1v) is 22.6. The highest BCUT2D eigenvalue weighted by Gasteiger charge is 2.43. The lowest BCUT2D eigenvalue weighted by Gasteiger charge is -2.41. The third-order valence-corrected chi connectivity index (χ3v) is 13.3. The lowest BCUT2D eigenvalue weighted by molar-refractivity contribution is 0.486. The van der Waals surface area contributed by atoms with Gasteiger partial charge in [0.2, 0.25) is 0 Å². The van der Waals surface area contributed by atoms with Gasteiger partial charge in [0.25, 0.3) is 6.71 Å². The van der Waals surface area contributed by atoms with Crippen molar-refractivity contribution in [2.24, 2.45) is 0 Å². The molecule has 4 nitrogen and oxygen atoms in total. The van der Waals surface area contributed by atoms with Crippen LogP contribution in [0.1, 0.15) is 105 Å². The van der Waals surface area contributed by atoms with E-state index in [9.17, 15) is 0 Å². The van der Waals surface area contributed by atoms with Crippen molar-refractivity contribution in [3.63, 3.8) is 0 Å². The van der Waals surface area contributed by atoms with Crippen molar-refractivity contribution in [2.45, 2.75) is 105 Å². The molecule has 1 aromatic heterocycles. The molecule has 0 bridgehead atoms. The molecule has 7 aromatic carbocycles. The Morgan fingerprint density at radius 3 is 1.62 bits per heavy atom. The molecule has 2 aliphatic rings. The van der Waals surface area contributed by atoms with Gasteiger partial charge in [-0.25, -0.2) is 0 Å². The molecule has 0 saturated heterocycles. The normalized spacial score (nSPS) is 13.8. The summed E-state index contributed by atoms with van der Waals surface area (Å²) in [5, 5.41) is 2.16. The summed E-state index contributed by atoms with van der Waals surface area (Å²) in [6.45, 7) is 27.4. The standard InChI is InChI=1S/C58H59BN2O2/c1-55(2,3)36-20-26-40(27-21-36)60(41-28-22-37(23-29-41)56(4,5)6)48-34-42(35-52-53(48)43-16-13-14-18-49(43)62-52)61-46-30-24-38(57(7,8)9)32-44(46)59-45-33-39(58(10,11)12)25-31-50(45)63-51-19-15-17-47(61)54(51)59/h13-35H,1-12H3. The summed E-state index contributed by atoms with van der Waals surface area (Å²) >= 11 is 0. The maximum Gasteiger partial charge on any atom is 0.256 e. The van der Waals surface area contributed by atoms with Gasteiger partial charge in [-0.2, -0.15) is 0 Å². The number of benzene rings is 7. The van der Waals surface area contributed by atoms with Crippen LogP contribution in [0, 0.1) is 0 Å². The minimum Gasteiger partial charge on any atom is -0.458 e. The van der Waals surface area contributed by atoms with Crippen LogP contribution in [0.25, 0.3) is 21.9 Å². The predicted octanol–water partition coefficient (Wildman–Crippen LogP) is 14.7. The molecule has 5 heteroatoms. The van der Waals surface area contributed by atoms with Crippen molar-refractivity contribution in [3.8, 4) is 11.5 Å². The van der Waals surface area contributed by atoms with Gasteiger partial charge in [0.15, 0.2) is 0 Å². The van der Waals surface area contributed by atoms with Crippen LogP contribution in [-0.2, 0) is 21.7 Å². The SMILES string of the molecule is CC(C)(C)c1ccc(N(c2ccc(C(C)(C)C)cc2)c2cc(N3c4ccc(C(C)(C)C)cc4B4c5cc(C(C)(C)C)ccc5Oc5cccc3c54)cc3oc4ccccc4c23)cc1. The summed E-state index contributed by atoms with van der Waals surface area (Å²) < 4.78 is 13.8. The molecule has 0 saturated carbocycles. The number of para-hydroxylation sites is 1. The first-order chi connectivity index (χ1) is 29.8. The molecule has 0 amide bonds. The Morgan fingerprint density at radius 2 is 1.02 bits per heavy atom. The second-order valence-corrected chi connectivity index (χ2v) is 22.0. The van der Waals surface area contributed by atoms with Crippen molar-refractivity contribution in [1.29, 1.82) is 0 Å². The van der Waals surface area contributed by atoms with Crippen LogP contribution in [0.15, 0.2) is 144 Å². The first-order valence-electron chi connectivity index (χ1n) is 22.6. The number of ether oxygens (including phenoxy) is 1. The third-order valence-electron chi connectivity index (χ3n) is 13.3. The number of furan rings is 1. The van der Waals surface area contributed by atoms with E-state index in [0.717, 1.165) is 67.6 Å². The summed E-state index contributed by atoms with van der Waals surface area (Å²) in [6, 6.07) is 51.9. The fraction of sp³-hybridized carbons (Fsp3) is 0.276. The molecule has 8 aromatic rings. The minimum absolute atomic E-state index is 0.00985. The summed E-state index contributed by atoms with van der Waals surface area (Å²) in [7, 11) is 0. The summed E-state index contributed by atoms with van der Waals surface area (Å²) in [6.07, 6.45) is 0. The Bertz CT molecular complexity index is 3020. The number of hydrogen-bond acceptors (Lipinski definition) is 4. The molecule has 63 heavy (non-hydrogen) atoms. The molecule has 0 N–H and O–H groups in total. The van der Waals surface area contributed by atoms with E-state index >= 15 is 0 Å². The molecule has 3 heterocycles. The summed E-state index contributed by atoms with van der Waals surface area (Å²) in [4.78, 5) is 4.88. The zero-order chi connectivity index (χ0) is 44.4. The summed E-state index contributed by atoms with van der Waals surface area (Å²) in [5.41, 5.74) is 17.0. The molecule has 0 spiro atoms. The van der Waals surface area contributed by atoms with Crippen molar-refractivity contribution >= 4 is 79.2 Å². The van der Waals surface area contributed by atoms with E-state index in [1.165, 1.54) is 38.6 Å². The molecule has 2 aliphatic heterocycles. The van der Waals surface area contributed by atoms with Gasteiger partial charge in [-0.05, 0) is 121 Å². The largest absolute Gasteiger partial charge is 0.458 e. The van der Waals surface area contributed by atoms with Crippen molar-refractivity contribution in [3.05, 3.63) is 162 Å². The lowest BCUT2D eigenvalue weighted by Crippen LogP contribution is -2.59. The fourth-order valence-electron chi connectivity index (χ4n) is 9.67. The topological polar surface area (TPSA) is 28.9 Å². The molecule has 0 atom stereocenters. The van der Waals surface area contributed by atoms with E-state index in [0.29, 0.717) is 0 Å². The van der Waals surface area contributed by atoms with Gasteiger partial charge in [0.1, 0.15) is 22.7 Å². The number of rotatable bonds is 4. The zero-order valence-corrected chi connectivity index (χ0v) is 39.1. The smallest absolute Gasteiger partial charge is 0.256 e. The van der Waals surface area contributed by atoms with E-state index < -0.39 is 0 Å². The van der Waals surface area contributed by atoms with Crippen LogP contribution in [0.5, 0.6) is 11.5 Å². The number of hydrogen-bond donors (Lipinski definition) is 0. The molecule has 10 rings (SSSR count). The minimum atomic E-state index is -0.0488. The highest BCUT2D eigenvalue weighted by molar-refractivity contribution is 6.99. The Kier molecular flexibility index (Phi) is 9.18. The van der Waals surface area contributed by atoms with Gasteiger partial charge >= 0.3 is 0 Å². The van der Waals surface area contributed by atoms with Crippen molar-refractivity contribution in [2.75, 3.05) is 9.80 Å². The van der Waals surface area contributed by atoms with Crippen molar-refractivity contribution in [1.82, 2.24) is 0 Å². The van der Waals surface area contributed by atoms with Crippen LogP contribution in [0.3, 0.4) is 0 Å². The highest BCUT2D eigenvalue weighted by atomic mass is 16.5. The van der Waals surface area contributed by atoms with Gasteiger partial charge in [-0.15, -0.1) is 0 Å². The molecule has 316 valence electrons. The number of fused-ring (bicyclic) bond motifs is 7. The average Bonchev–Trinajstić information content (AvgIpc) is 3.61. The quantitative estimate of drug-likeness (QED) is 0.165. The van der Waals surface area contributed by atoms with Crippen LogP contribution in [0.2, 0.25) is 0 Å². The molecule has 0 unspecified atom stereocenters. The molecular weight excluding hydrogens is 767 g/mol. The van der Waals surface area contributed by atoms with Gasteiger partial charge in [0, 0.05) is 34.2 Å². The highest BCUT2D eigenvalue weighted by Crippen LogP contribution is 2.49. The van der Waals surface area contributed by atoms with Gasteiger partial charge in [-0.3, -0.25) is 0 Å². The van der Waals surface area contributed by atoms with E-state index in [4.69, 9.17) is 9.15 Å². The molecule has 0 fully saturated rings. The zero-order valence-electron chi connectivity index (χ0n) is 39.1. The van der Waals surface area contributed by atoms with Crippen LogP contribution >= 0.6 is 0 Å². The molecular formula is C58H59BN2O2. The van der Waals surface area contributed by atoms with Gasteiger partial charge in [-0.1, -0.05) is 156 Å². The monoisotopic (exact) mass is 826 g/mol. The third kappa shape index (κ3) is 6.92. The van der Waals surface area contributed by atoms with E-state index in [1.54, 1.807) is 0 Å². The van der Waals surface area contributed by atoms with Crippen LogP contribution < -0.4 is 30.9 Å². The predicted molar refractivity (Wildman–Crippen MR) is 269 cm³/mol. The Balaban J connectivity index is 1.26. The van der Waals surface area contributed by atoms with E-state index in [2.05, 4.69) is 232 Å². The Labute approximate surface area is 374 Å². The second-order valence-electron chi connectivity index (χ2n) is 22.0. The Hall–Kier alpha value is -6.20. The lowest BCUT2D eigenvalue weighted by atomic mass is 9.34. The maximum absolute atomic E-state index is 6.90. The maximum atomic E-state index is 6.90. The van der Waals surface area contributed by atoms with Crippen molar-refractivity contribution < 1.29 is 9.15 Å². The van der Waals surface area contributed by atoms with E-state index in [-0.39, 0.29) is 28.4 Å². The fourth-order valence-corrected chi connectivity index (χ4v) is 9.67. The molecule has 0 aliphatic carbocycles. The number of nitrogens with zero attached hydrogens (tertiary/aromatic N) is 2. The average molecular weight is 827 g/mol. The first kappa shape index (κ1) is 40.9. The van der Waals surface area contributed by atoms with Crippen LogP contribution in [-0.4, -0.2) is 6.71 Å². The second kappa shape index (κ2) is 14.2. The summed E-state index contributed by atoms with van der Waals surface area (Å²) in [5.74, 6) is 1.82. The van der Waals surface area contributed by atoms with Crippen LogP contribution in [0.4, 0.5) is 34.1 Å². The van der Waals surface area contributed by atoms with Gasteiger partial charge < -0.3 is 19.0 Å². The van der Waals surface area contributed by atoms with Gasteiger partial charge in [0.05, 0.1) is 16.8 Å². The van der Waals surface area contributed by atoms with E-state index in [1.807, 2.05) is 0 Å². The Morgan fingerprint density at radius 1 is 0.460 bits per heavy atom.